The number of ether oxygens (including phenoxy) is 1. The number of esters is 1. The molecule has 112 valence electrons. The summed E-state index contributed by atoms with van der Waals surface area (Å²) >= 11 is 0. The second-order valence-electron chi connectivity index (χ2n) is 6.52. The first-order chi connectivity index (χ1) is 8.85. The van der Waals surface area contributed by atoms with Crippen molar-refractivity contribution in [2.45, 2.75) is 65.0 Å². The average molecular weight is 270 g/mol. The van der Waals surface area contributed by atoms with Crippen molar-refractivity contribution in [1.82, 2.24) is 4.90 Å². The molecule has 0 spiro atoms. The van der Waals surface area contributed by atoms with Gasteiger partial charge in [-0.05, 0) is 51.5 Å². The van der Waals surface area contributed by atoms with Gasteiger partial charge in [0, 0.05) is 12.6 Å². The van der Waals surface area contributed by atoms with Crippen LogP contribution in [0.2, 0.25) is 0 Å². The molecule has 1 saturated carbocycles. The Kier molecular flexibility index (Phi) is 6.27. The summed E-state index contributed by atoms with van der Waals surface area (Å²) < 4.78 is 4.93. The van der Waals surface area contributed by atoms with Crippen molar-refractivity contribution >= 4 is 5.97 Å². The van der Waals surface area contributed by atoms with Crippen molar-refractivity contribution in [2.75, 3.05) is 20.2 Å². The summed E-state index contributed by atoms with van der Waals surface area (Å²) in [5.41, 5.74) is 6.32. The van der Waals surface area contributed by atoms with E-state index < -0.39 is 6.04 Å². The van der Waals surface area contributed by atoms with Gasteiger partial charge >= 0.3 is 5.97 Å². The van der Waals surface area contributed by atoms with Crippen LogP contribution in [0.3, 0.4) is 0 Å². The first-order valence-corrected chi connectivity index (χ1v) is 7.48. The van der Waals surface area contributed by atoms with E-state index in [1.807, 2.05) is 0 Å². The second-order valence-corrected chi connectivity index (χ2v) is 6.52. The van der Waals surface area contributed by atoms with Crippen LogP contribution in [0.4, 0.5) is 0 Å². The SMILES string of the molecule is CCOC(=O)C(N)CCN(C)C1CCC(C)(C)CC1. The van der Waals surface area contributed by atoms with Crippen LogP contribution < -0.4 is 5.73 Å². The molecular formula is C15H30N2O2. The Morgan fingerprint density at radius 2 is 2.00 bits per heavy atom. The minimum absolute atomic E-state index is 0.277. The topological polar surface area (TPSA) is 55.6 Å². The molecule has 1 fully saturated rings. The molecule has 1 unspecified atom stereocenters. The largest absolute Gasteiger partial charge is 0.465 e. The van der Waals surface area contributed by atoms with Crippen molar-refractivity contribution in [2.24, 2.45) is 11.1 Å². The molecule has 0 saturated heterocycles. The minimum Gasteiger partial charge on any atom is -0.465 e. The number of carbonyl (C=O) groups excluding carboxylic acids is 1. The summed E-state index contributed by atoms with van der Waals surface area (Å²) in [6.45, 7) is 7.77. The van der Waals surface area contributed by atoms with Gasteiger partial charge < -0.3 is 15.4 Å². The molecule has 4 heteroatoms. The van der Waals surface area contributed by atoms with Gasteiger partial charge in [-0.3, -0.25) is 4.79 Å². The van der Waals surface area contributed by atoms with E-state index in [1.54, 1.807) is 6.92 Å². The maximum atomic E-state index is 11.5. The Hall–Kier alpha value is -0.610. The zero-order valence-corrected chi connectivity index (χ0v) is 12.9. The first-order valence-electron chi connectivity index (χ1n) is 7.48. The van der Waals surface area contributed by atoms with Gasteiger partial charge in [-0.25, -0.2) is 0 Å². The highest BCUT2D eigenvalue weighted by atomic mass is 16.5. The Morgan fingerprint density at radius 3 is 2.53 bits per heavy atom. The number of rotatable bonds is 6. The van der Waals surface area contributed by atoms with Crippen molar-refractivity contribution in [3.8, 4) is 0 Å². The van der Waals surface area contributed by atoms with E-state index in [0.29, 0.717) is 24.5 Å². The van der Waals surface area contributed by atoms with Crippen LogP contribution in [0.1, 0.15) is 52.9 Å². The molecule has 0 amide bonds. The fourth-order valence-electron chi connectivity index (χ4n) is 2.72. The molecule has 0 aromatic rings. The summed E-state index contributed by atoms with van der Waals surface area (Å²) in [5, 5.41) is 0. The molecule has 1 aliphatic rings. The Morgan fingerprint density at radius 1 is 1.42 bits per heavy atom. The van der Waals surface area contributed by atoms with Crippen molar-refractivity contribution < 1.29 is 9.53 Å². The molecule has 1 atom stereocenters. The fraction of sp³-hybridized carbons (Fsp3) is 0.933. The van der Waals surface area contributed by atoms with Crippen molar-refractivity contribution in [3.05, 3.63) is 0 Å². The lowest BCUT2D eigenvalue weighted by Gasteiger charge is -2.38. The standard InChI is InChI=1S/C15H30N2O2/c1-5-19-14(18)13(16)8-11-17(4)12-6-9-15(2,3)10-7-12/h12-13H,5-11,16H2,1-4H3. The predicted octanol–water partition coefficient (Wildman–Crippen LogP) is 2.17. The molecule has 0 aliphatic heterocycles. The molecule has 1 aliphatic carbocycles. The Balaban J connectivity index is 2.28. The third-order valence-corrected chi connectivity index (χ3v) is 4.31. The molecule has 19 heavy (non-hydrogen) atoms. The van der Waals surface area contributed by atoms with Gasteiger partial charge in [0.2, 0.25) is 0 Å². The second kappa shape index (κ2) is 7.25. The number of nitrogens with zero attached hydrogens (tertiary/aromatic N) is 1. The highest BCUT2D eigenvalue weighted by Crippen LogP contribution is 2.36. The predicted molar refractivity (Wildman–Crippen MR) is 77.9 cm³/mol. The van der Waals surface area contributed by atoms with Crippen LogP contribution in [0, 0.1) is 5.41 Å². The first kappa shape index (κ1) is 16.4. The highest BCUT2D eigenvalue weighted by molar-refractivity contribution is 5.75. The summed E-state index contributed by atoms with van der Waals surface area (Å²) in [4.78, 5) is 13.8. The van der Waals surface area contributed by atoms with Gasteiger partial charge in [0.1, 0.15) is 6.04 Å². The average Bonchev–Trinajstić information content (AvgIpc) is 2.35. The third kappa shape index (κ3) is 5.49. The van der Waals surface area contributed by atoms with E-state index in [2.05, 4.69) is 25.8 Å². The van der Waals surface area contributed by atoms with Crippen LogP contribution in [0.5, 0.6) is 0 Å². The number of hydrogen-bond donors (Lipinski definition) is 1. The summed E-state index contributed by atoms with van der Waals surface area (Å²) in [6, 6.07) is 0.157. The van der Waals surface area contributed by atoms with Gasteiger partial charge in [0.15, 0.2) is 0 Å². The number of nitrogens with two attached hydrogens (primary N) is 1. The number of hydrogen-bond acceptors (Lipinski definition) is 4. The van der Waals surface area contributed by atoms with Crippen LogP contribution in [-0.4, -0.2) is 43.2 Å². The van der Waals surface area contributed by atoms with Gasteiger partial charge in [-0.2, -0.15) is 0 Å². The molecule has 2 N–H and O–H groups in total. The molecular weight excluding hydrogens is 240 g/mol. The highest BCUT2D eigenvalue weighted by Gasteiger charge is 2.29. The van der Waals surface area contributed by atoms with Gasteiger partial charge in [-0.1, -0.05) is 13.8 Å². The van der Waals surface area contributed by atoms with E-state index in [1.165, 1.54) is 25.7 Å². The maximum absolute atomic E-state index is 11.5. The lowest BCUT2D eigenvalue weighted by atomic mass is 9.75. The van der Waals surface area contributed by atoms with Gasteiger partial charge in [0.05, 0.1) is 6.61 Å². The monoisotopic (exact) mass is 270 g/mol. The summed E-state index contributed by atoms with van der Waals surface area (Å²) in [5.74, 6) is -0.277. The van der Waals surface area contributed by atoms with E-state index >= 15 is 0 Å². The van der Waals surface area contributed by atoms with Crippen LogP contribution >= 0.6 is 0 Å². The smallest absolute Gasteiger partial charge is 0.322 e. The third-order valence-electron chi connectivity index (χ3n) is 4.31. The summed E-state index contributed by atoms with van der Waals surface area (Å²) in [7, 11) is 2.14. The molecule has 0 heterocycles. The molecule has 0 aromatic heterocycles. The van der Waals surface area contributed by atoms with E-state index in [-0.39, 0.29) is 5.97 Å². The zero-order chi connectivity index (χ0) is 14.5. The molecule has 0 radical (unpaired) electrons. The van der Waals surface area contributed by atoms with E-state index in [0.717, 1.165) is 6.54 Å². The maximum Gasteiger partial charge on any atom is 0.322 e. The van der Waals surface area contributed by atoms with Crippen LogP contribution in [-0.2, 0) is 9.53 Å². The molecule has 0 aromatic carbocycles. The molecule has 0 bridgehead atoms. The Bertz CT molecular complexity index is 282. The van der Waals surface area contributed by atoms with Crippen molar-refractivity contribution in [3.63, 3.8) is 0 Å². The molecule has 4 nitrogen and oxygen atoms in total. The van der Waals surface area contributed by atoms with Crippen LogP contribution in [0.15, 0.2) is 0 Å². The summed E-state index contributed by atoms with van der Waals surface area (Å²) in [6.07, 6.45) is 5.74. The minimum atomic E-state index is -0.484. The lowest BCUT2D eigenvalue weighted by Crippen LogP contribution is -2.41. The van der Waals surface area contributed by atoms with Crippen molar-refractivity contribution in [1.29, 1.82) is 0 Å². The van der Waals surface area contributed by atoms with Gasteiger partial charge in [-0.15, -0.1) is 0 Å². The zero-order valence-electron chi connectivity index (χ0n) is 12.9. The van der Waals surface area contributed by atoms with E-state index in [4.69, 9.17) is 10.5 Å². The quantitative estimate of drug-likeness (QED) is 0.752. The normalized spacial score (nSPS) is 21.4. The molecule has 1 rings (SSSR count). The van der Waals surface area contributed by atoms with Gasteiger partial charge in [0.25, 0.3) is 0 Å². The van der Waals surface area contributed by atoms with Crippen LogP contribution in [0.25, 0.3) is 0 Å². The fourth-order valence-corrected chi connectivity index (χ4v) is 2.72. The van der Waals surface area contributed by atoms with E-state index in [9.17, 15) is 4.79 Å². The number of carbonyl (C=O) groups is 1. The Labute approximate surface area is 117 Å². The lowest BCUT2D eigenvalue weighted by molar-refractivity contribution is -0.144.